The van der Waals surface area contributed by atoms with E-state index < -0.39 is 0 Å². The number of fused-ring (bicyclic) bond motifs is 1. The normalized spacial score (nSPS) is 13.3. The Bertz CT molecular complexity index is 863. The Morgan fingerprint density at radius 2 is 1.88 bits per heavy atom. The van der Waals surface area contributed by atoms with Crippen LogP contribution in [0.5, 0.6) is 5.88 Å². The lowest BCUT2D eigenvalue weighted by atomic mass is 9.90. The third-order valence-corrected chi connectivity index (χ3v) is 4.46. The Labute approximate surface area is 147 Å². The fourth-order valence-corrected chi connectivity index (χ4v) is 3.17. The standard InChI is InChI=1S/C20H20N4O/c1-14-22-11-15(12-23-14)18-10-20(24-19-8-3-2-7-17(18)19)25-13-16-6-4-5-9-21-16/h4-6,9-12H,2-3,7-8,13H2,1H3. The van der Waals surface area contributed by atoms with Gasteiger partial charge in [0.2, 0.25) is 5.88 Å². The summed E-state index contributed by atoms with van der Waals surface area (Å²) in [6, 6.07) is 7.82. The van der Waals surface area contributed by atoms with Crippen molar-refractivity contribution in [2.24, 2.45) is 0 Å². The van der Waals surface area contributed by atoms with E-state index in [0.717, 1.165) is 41.2 Å². The molecule has 5 heteroatoms. The van der Waals surface area contributed by atoms with E-state index in [0.29, 0.717) is 12.5 Å². The van der Waals surface area contributed by atoms with Gasteiger partial charge in [-0.05, 0) is 55.9 Å². The van der Waals surface area contributed by atoms with E-state index in [1.54, 1.807) is 6.20 Å². The average Bonchev–Trinajstić information content (AvgIpc) is 2.67. The number of hydrogen-bond donors (Lipinski definition) is 0. The number of aromatic nitrogens is 4. The van der Waals surface area contributed by atoms with Gasteiger partial charge in [-0.15, -0.1) is 0 Å². The molecule has 4 rings (SSSR count). The van der Waals surface area contributed by atoms with Crippen LogP contribution in [0.4, 0.5) is 0 Å². The first kappa shape index (κ1) is 15.7. The van der Waals surface area contributed by atoms with Crippen LogP contribution in [-0.2, 0) is 19.4 Å². The summed E-state index contributed by atoms with van der Waals surface area (Å²) < 4.78 is 5.93. The minimum Gasteiger partial charge on any atom is -0.471 e. The van der Waals surface area contributed by atoms with Gasteiger partial charge in [0, 0.05) is 35.9 Å². The van der Waals surface area contributed by atoms with Gasteiger partial charge in [0.15, 0.2) is 0 Å². The fraction of sp³-hybridized carbons (Fsp3) is 0.300. The van der Waals surface area contributed by atoms with Gasteiger partial charge >= 0.3 is 0 Å². The number of pyridine rings is 2. The molecule has 0 saturated heterocycles. The lowest BCUT2D eigenvalue weighted by Gasteiger charge is -2.20. The second-order valence-corrected chi connectivity index (χ2v) is 6.27. The quantitative estimate of drug-likeness (QED) is 0.729. The second kappa shape index (κ2) is 6.97. The summed E-state index contributed by atoms with van der Waals surface area (Å²) in [6.07, 6.45) is 9.95. The lowest BCUT2D eigenvalue weighted by molar-refractivity contribution is 0.288. The zero-order chi connectivity index (χ0) is 17.1. The molecule has 3 aromatic heterocycles. The van der Waals surface area contributed by atoms with E-state index in [1.165, 1.54) is 18.4 Å². The summed E-state index contributed by atoms with van der Waals surface area (Å²) in [5.74, 6) is 1.42. The maximum Gasteiger partial charge on any atom is 0.214 e. The third-order valence-electron chi connectivity index (χ3n) is 4.46. The molecule has 0 aliphatic heterocycles. The van der Waals surface area contributed by atoms with Crippen molar-refractivity contribution in [1.82, 2.24) is 19.9 Å². The molecule has 0 aromatic carbocycles. The van der Waals surface area contributed by atoms with Crippen LogP contribution in [0.2, 0.25) is 0 Å². The molecule has 0 fully saturated rings. The summed E-state index contributed by atoms with van der Waals surface area (Å²) in [4.78, 5) is 17.7. The van der Waals surface area contributed by atoms with Crippen molar-refractivity contribution in [3.8, 4) is 17.0 Å². The average molecular weight is 332 g/mol. The SMILES string of the molecule is Cc1ncc(-c2cc(OCc3ccccn3)nc3c2CCCC3)cn1. The van der Waals surface area contributed by atoms with Crippen molar-refractivity contribution in [2.45, 2.75) is 39.2 Å². The van der Waals surface area contributed by atoms with Crippen LogP contribution in [0.15, 0.2) is 42.9 Å². The summed E-state index contributed by atoms with van der Waals surface area (Å²) in [6.45, 7) is 2.31. The van der Waals surface area contributed by atoms with Crippen LogP contribution >= 0.6 is 0 Å². The molecule has 0 bridgehead atoms. The Morgan fingerprint density at radius 3 is 2.68 bits per heavy atom. The molecule has 0 saturated carbocycles. The minimum atomic E-state index is 0.413. The third kappa shape index (κ3) is 3.50. The lowest BCUT2D eigenvalue weighted by Crippen LogP contribution is -2.09. The summed E-state index contributed by atoms with van der Waals surface area (Å²) in [5.41, 5.74) is 5.50. The first-order valence-corrected chi connectivity index (χ1v) is 8.64. The largest absolute Gasteiger partial charge is 0.471 e. The first-order chi connectivity index (χ1) is 12.3. The summed E-state index contributed by atoms with van der Waals surface area (Å²) in [5, 5.41) is 0. The Morgan fingerprint density at radius 1 is 1.04 bits per heavy atom. The zero-order valence-electron chi connectivity index (χ0n) is 14.3. The van der Waals surface area contributed by atoms with Gasteiger partial charge in [0.25, 0.3) is 0 Å². The Hall–Kier alpha value is -2.82. The number of nitrogens with zero attached hydrogens (tertiary/aromatic N) is 4. The van der Waals surface area contributed by atoms with Crippen molar-refractivity contribution in [1.29, 1.82) is 0 Å². The predicted molar refractivity (Wildman–Crippen MR) is 95.2 cm³/mol. The van der Waals surface area contributed by atoms with Gasteiger partial charge in [-0.25, -0.2) is 15.0 Å². The van der Waals surface area contributed by atoms with E-state index in [2.05, 4.69) is 15.0 Å². The van der Waals surface area contributed by atoms with Crippen molar-refractivity contribution in [3.63, 3.8) is 0 Å². The van der Waals surface area contributed by atoms with Crippen molar-refractivity contribution in [2.75, 3.05) is 0 Å². The van der Waals surface area contributed by atoms with Crippen molar-refractivity contribution >= 4 is 0 Å². The molecular formula is C20H20N4O. The zero-order valence-corrected chi connectivity index (χ0v) is 14.3. The van der Waals surface area contributed by atoms with E-state index in [-0.39, 0.29) is 0 Å². The topological polar surface area (TPSA) is 60.8 Å². The van der Waals surface area contributed by atoms with Crippen LogP contribution in [0.3, 0.4) is 0 Å². The molecule has 1 aliphatic carbocycles. The van der Waals surface area contributed by atoms with E-state index in [1.807, 2.05) is 43.6 Å². The second-order valence-electron chi connectivity index (χ2n) is 6.27. The van der Waals surface area contributed by atoms with Crippen molar-refractivity contribution in [3.05, 3.63) is 65.6 Å². The molecule has 126 valence electrons. The Kier molecular flexibility index (Phi) is 4.37. The summed E-state index contributed by atoms with van der Waals surface area (Å²) in [7, 11) is 0. The van der Waals surface area contributed by atoms with Gasteiger partial charge in [-0.1, -0.05) is 6.07 Å². The molecule has 1 aliphatic rings. The van der Waals surface area contributed by atoms with Crippen LogP contribution < -0.4 is 4.74 Å². The number of ether oxygens (including phenoxy) is 1. The van der Waals surface area contributed by atoms with Crippen molar-refractivity contribution < 1.29 is 4.74 Å². The van der Waals surface area contributed by atoms with Gasteiger partial charge in [-0.3, -0.25) is 4.98 Å². The Balaban J connectivity index is 1.68. The fourth-order valence-electron chi connectivity index (χ4n) is 3.17. The number of aryl methyl sites for hydroxylation is 2. The summed E-state index contributed by atoms with van der Waals surface area (Å²) >= 11 is 0. The number of rotatable bonds is 4. The molecule has 3 heterocycles. The van der Waals surface area contributed by atoms with E-state index >= 15 is 0 Å². The van der Waals surface area contributed by atoms with Crippen LogP contribution in [0.25, 0.3) is 11.1 Å². The maximum atomic E-state index is 5.93. The van der Waals surface area contributed by atoms with Gasteiger partial charge < -0.3 is 4.74 Å². The van der Waals surface area contributed by atoms with Crippen LogP contribution in [0.1, 0.15) is 35.6 Å². The van der Waals surface area contributed by atoms with Crippen LogP contribution in [0, 0.1) is 6.92 Å². The highest BCUT2D eigenvalue weighted by Gasteiger charge is 2.18. The molecule has 3 aromatic rings. The highest BCUT2D eigenvalue weighted by molar-refractivity contribution is 5.68. The van der Waals surface area contributed by atoms with Gasteiger partial charge in [0.05, 0.1) is 5.69 Å². The predicted octanol–water partition coefficient (Wildman–Crippen LogP) is 3.70. The first-order valence-electron chi connectivity index (χ1n) is 8.64. The van der Waals surface area contributed by atoms with E-state index in [9.17, 15) is 0 Å². The van der Waals surface area contributed by atoms with E-state index in [4.69, 9.17) is 9.72 Å². The van der Waals surface area contributed by atoms with Gasteiger partial charge in [0.1, 0.15) is 12.4 Å². The van der Waals surface area contributed by atoms with Crippen LogP contribution in [-0.4, -0.2) is 19.9 Å². The molecule has 0 amide bonds. The maximum absolute atomic E-state index is 5.93. The molecule has 5 nitrogen and oxygen atoms in total. The molecule has 25 heavy (non-hydrogen) atoms. The smallest absolute Gasteiger partial charge is 0.214 e. The van der Waals surface area contributed by atoms with Gasteiger partial charge in [-0.2, -0.15) is 0 Å². The number of hydrogen-bond acceptors (Lipinski definition) is 5. The highest BCUT2D eigenvalue weighted by atomic mass is 16.5. The molecule has 0 spiro atoms. The monoisotopic (exact) mass is 332 g/mol. The molecular weight excluding hydrogens is 312 g/mol. The molecule has 0 N–H and O–H groups in total. The highest BCUT2D eigenvalue weighted by Crippen LogP contribution is 2.33. The molecule has 0 radical (unpaired) electrons. The molecule has 0 atom stereocenters. The molecule has 0 unspecified atom stereocenters. The minimum absolute atomic E-state index is 0.413.